The highest BCUT2D eigenvalue weighted by Crippen LogP contribution is 2.28. The number of hydrogen-bond acceptors (Lipinski definition) is 4. The van der Waals surface area contributed by atoms with Crippen LogP contribution in [0.25, 0.3) is 0 Å². The molecule has 7 nitrogen and oxygen atoms in total. The molecule has 0 heterocycles. The van der Waals surface area contributed by atoms with Crippen molar-refractivity contribution in [3.8, 4) is 0 Å². The molecule has 29 heavy (non-hydrogen) atoms. The Kier molecular flexibility index (Phi) is 9.47. The van der Waals surface area contributed by atoms with Gasteiger partial charge in [-0.05, 0) is 43.6 Å². The van der Waals surface area contributed by atoms with Crippen molar-refractivity contribution >= 4 is 18.0 Å². The molecule has 2 rings (SSSR count). The molecule has 160 valence electrons. The Balaban J connectivity index is 1.65. The van der Waals surface area contributed by atoms with Gasteiger partial charge in [0.2, 0.25) is 5.91 Å². The van der Waals surface area contributed by atoms with Crippen molar-refractivity contribution in [1.82, 2.24) is 10.6 Å². The number of ether oxygens (including phenoxy) is 1. The van der Waals surface area contributed by atoms with Crippen molar-refractivity contribution in [3.05, 3.63) is 35.9 Å². The molecule has 0 bridgehead atoms. The maximum absolute atomic E-state index is 12.4. The van der Waals surface area contributed by atoms with E-state index in [-0.39, 0.29) is 18.4 Å². The molecule has 3 N–H and O–H groups in total. The van der Waals surface area contributed by atoms with E-state index in [1.807, 2.05) is 37.3 Å². The zero-order valence-electron chi connectivity index (χ0n) is 17.1. The van der Waals surface area contributed by atoms with E-state index in [9.17, 15) is 19.5 Å². The molecule has 1 aromatic carbocycles. The van der Waals surface area contributed by atoms with Crippen molar-refractivity contribution in [1.29, 1.82) is 0 Å². The van der Waals surface area contributed by atoms with Crippen LogP contribution >= 0.6 is 0 Å². The molecular weight excluding hydrogens is 372 g/mol. The van der Waals surface area contributed by atoms with E-state index < -0.39 is 18.1 Å². The van der Waals surface area contributed by atoms with Crippen LogP contribution in [0, 0.1) is 11.8 Å². The number of carbonyl (C=O) groups is 3. The van der Waals surface area contributed by atoms with Gasteiger partial charge in [0.15, 0.2) is 0 Å². The average Bonchev–Trinajstić information content (AvgIpc) is 2.74. The molecule has 0 saturated heterocycles. The van der Waals surface area contributed by atoms with Crippen molar-refractivity contribution in [2.24, 2.45) is 11.8 Å². The van der Waals surface area contributed by atoms with Gasteiger partial charge < -0.3 is 20.5 Å². The summed E-state index contributed by atoms with van der Waals surface area (Å²) in [4.78, 5) is 35.6. The molecule has 0 spiro atoms. The van der Waals surface area contributed by atoms with Gasteiger partial charge >= 0.3 is 12.1 Å². The second-order valence-corrected chi connectivity index (χ2v) is 7.70. The summed E-state index contributed by atoms with van der Waals surface area (Å²) in [7, 11) is 0. The van der Waals surface area contributed by atoms with Crippen LogP contribution in [0.2, 0.25) is 0 Å². The van der Waals surface area contributed by atoms with Gasteiger partial charge in [0.25, 0.3) is 0 Å². The number of amides is 2. The monoisotopic (exact) mass is 404 g/mol. The molecule has 1 aliphatic carbocycles. The van der Waals surface area contributed by atoms with Gasteiger partial charge in [-0.3, -0.25) is 4.79 Å². The Hall–Kier alpha value is -2.57. The predicted octanol–water partition coefficient (Wildman–Crippen LogP) is 3.48. The van der Waals surface area contributed by atoms with Gasteiger partial charge in [0, 0.05) is 12.5 Å². The molecule has 1 aliphatic rings. The molecule has 1 atom stereocenters. The van der Waals surface area contributed by atoms with E-state index in [2.05, 4.69) is 10.6 Å². The Morgan fingerprint density at radius 3 is 2.45 bits per heavy atom. The zero-order chi connectivity index (χ0) is 21.1. The fourth-order valence-electron chi connectivity index (χ4n) is 3.59. The first-order valence-electron chi connectivity index (χ1n) is 10.5. The number of carbonyl (C=O) groups excluding carboxylic acids is 2. The molecule has 1 saturated carbocycles. The van der Waals surface area contributed by atoms with Gasteiger partial charge in [-0.15, -0.1) is 0 Å². The third-order valence-corrected chi connectivity index (χ3v) is 5.43. The summed E-state index contributed by atoms with van der Waals surface area (Å²) in [5, 5.41) is 14.7. The highest BCUT2D eigenvalue weighted by atomic mass is 16.5. The highest BCUT2D eigenvalue weighted by Gasteiger charge is 2.29. The van der Waals surface area contributed by atoms with Crippen LogP contribution in [0.15, 0.2) is 30.3 Å². The SMILES string of the molecule is CCCC[C@H](NC(=O)C1CCC(CNC(=O)OCc2ccccc2)CC1)C(=O)O. The number of aliphatic carboxylic acids is 1. The second kappa shape index (κ2) is 12.1. The number of alkyl carbamates (subject to hydrolysis) is 1. The average molecular weight is 405 g/mol. The first-order chi connectivity index (χ1) is 14.0. The molecule has 2 amide bonds. The molecule has 0 radical (unpaired) electrons. The van der Waals surface area contributed by atoms with E-state index >= 15 is 0 Å². The summed E-state index contributed by atoms with van der Waals surface area (Å²) in [6, 6.07) is 8.70. The fraction of sp³-hybridized carbons (Fsp3) is 0.591. The van der Waals surface area contributed by atoms with Crippen molar-refractivity contribution in [3.63, 3.8) is 0 Å². The molecular formula is C22H32N2O5. The molecule has 7 heteroatoms. The third-order valence-electron chi connectivity index (χ3n) is 5.43. The van der Waals surface area contributed by atoms with Gasteiger partial charge in [-0.2, -0.15) is 0 Å². The van der Waals surface area contributed by atoms with Gasteiger partial charge in [-0.1, -0.05) is 50.1 Å². The summed E-state index contributed by atoms with van der Waals surface area (Å²) >= 11 is 0. The fourth-order valence-corrected chi connectivity index (χ4v) is 3.59. The molecule has 1 aromatic rings. The number of carboxylic acid groups (broad SMARTS) is 1. The second-order valence-electron chi connectivity index (χ2n) is 7.70. The minimum Gasteiger partial charge on any atom is -0.480 e. The number of benzene rings is 1. The normalized spacial score (nSPS) is 19.8. The lowest BCUT2D eigenvalue weighted by atomic mass is 9.81. The molecule has 0 aliphatic heterocycles. The Morgan fingerprint density at radius 2 is 1.83 bits per heavy atom. The minimum absolute atomic E-state index is 0.153. The van der Waals surface area contributed by atoms with Crippen LogP contribution in [0.3, 0.4) is 0 Å². The lowest BCUT2D eigenvalue weighted by Gasteiger charge is -2.28. The number of hydrogen-bond donors (Lipinski definition) is 3. The summed E-state index contributed by atoms with van der Waals surface area (Å²) in [5.74, 6) is -0.987. The Labute approximate surface area is 172 Å². The van der Waals surface area contributed by atoms with Crippen molar-refractivity contribution in [2.75, 3.05) is 6.54 Å². The smallest absolute Gasteiger partial charge is 0.407 e. The predicted molar refractivity (Wildman–Crippen MR) is 109 cm³/mol. The van der Waals surface area contributed by atoms with Crippen LogP contribution in [-0.2, 0) is 20.9 Å². The number of rotatable bonds is 10. The zero-order valence-corrected chi connectivity index (χ0v) is 17.1. The Morgan fingerprint density at radius 1 is 1.14 bits per heavy atom. The largest absolute Gasteiger partial charge is 0.480 e. The van der Waals surface area contributed by atoms with E-state index in [1.165, 1.54) is 0 Å². The minimum atomic E-state index is -0.973. The summed E-state index contributed by atoms with van der Waals surface area (Å²) in [5.41, 5.74) is 0.938. The first kappa shape index (κ1) is 22.7. The van der Waals surface area contributed by atoms with Crippen LogP contribution in [-0.4, -0.2) is 35.7 Å². The van der Waals surface area contributed by atoms with E-state index in [1.54, 1.807) is 0 Å². The van der Waals surface area contributed by atoms with E-state index in [0.717, 1.165) is 31.2 Å². The number of unbranched alkanes of at least 4 members (excludes halogenated alkanes) is 1. The number of nitrogens with one attached hydrogen (secondary N) is 2. The van der Waals surface area contributed by atoms with Crippen LogP contribution in [0.5, 0.6) is 0 Å². The van der Waals surface area contributed by atoms with E-state index in [0.29, 0.717) is 31.7 Å². The topological polar surface area (TPSA) is 105 Å². The number of carboxylic acids is 1. The summed E-state index contributed by atoms with van der Waals surface area (Å²) in [6.07, 6.45) is 4.75. The Bertz CT molecular complexity index is 656. The molecule has 1 fully saturated rings. The summed E-state index contributed by atoms with van der Waals surface area (Å²) in [6.45, 7) is 2.76. The summed E-state index contributed by atoms with van der Waals surface area (Å²) < 4.78 is 5.21. The van der Waals surface area contributed by atoms with Gasteiger partial charge in [-0.25, -0.2) is 9.59 Å². The van der Waals surface area contributed by atoms with Gasteiger partial charge in [0.1, 0.15) is 12.6 Å². The molecule has 0 unspecified atom stereocenters. The maximum atomic E-state index is 12.4. The maximum Gasteiger partial charge on any atom is 0.407 e. The van der Waals surface area contributed by atoms with Gasteiger partial charge in [0.05, 0.1) is 0 Å². The van der Waals surface area contributed by atoms with E-state index in [4.69, 9.17) is 4.74 Å². The molecule has 0 aromatic heterocycles. The van der Waals surface area contributed by atoms with Crippen molar-refractivity contribution in [2.45, 2.75) is 64.5 Å². The lowest BCUT2D eigenvalue weighted by Crippen LogP contribution is -2.44. The highest BCUT2D eigenvalue weighted by molar-refractivity contribution is 5.85. The van der Waals surface area contributed by atoms with Crippen molar-refractivity contribution < 1.29 is 24.2 Å². The standard InChI is InChI=1S/C22H32N2O5/c1-2-3-9-19(21(26)27)24-20(25)18-12-10-16(11-13-18)14-23-22(28)29-15-17-7-5-4-6-8-17/h4-8,16,18-19H,2-3,9-15H2,1H3,(H,23,28)(H,24,25)(H,26,27)/t16?,18?,19-/m0/s1. The quantitative estimate of drug-likeness (QED) is 0.554. The van der Waals surface area contributed by atoms with Crippen LogP contribution in [0.1, 0.15) is 57.4 Å². The first-order valence-corrected chi connectivity index (χ1v) is 10.5. The lowest BCUT2D eigenvalue weighted by molar-refractivity contribution is -0.143. The van der Waals surface area contributed by atoms with Crippen LogP contribution in [0.4, 0.5) is 4.79 Å². The van der Waals surface area contributed by atoms with Crippen LogP contribution < -0.4 is 10.6 Å². The third kappa shape index (κ3) is 8.13.